The smallest absolute Gasteiger partial charge is 0.251 e. The highest BCUT2D eigenvalue weighted by Crippen LogP contribution is 2.23. The lowest BCUT2D eigenvalue weighted by atomic mass is 9.97. The standard InChI is InChI=1S/C20H32N4O.HI/c1-4-21-20(24-13-10-17(15-24)14-16(2)3)23-12-11-22-19(25)18-8-6-5-7-9-18;/h5-9,16-17H,4,10-15H2,1-3H3,(H,21,23)(H,22,25);1H. The van der Waals surface area contributed by atoms with Crippen molar-refractivity contribution in [3.05, 3.63) is 35.9 Å². The Bertz CT molecular complexity index is 562. The fourth-order valence-corrected chi connectivity index (χ4v) is 3.33. The van der Waals surface area contributed by atoms with Crippen molar-refractivity contribution in [3.63, 3.8) is 0 Å². The molecule has 0 aromatic heterocycles. The minimum absolute atomic E-state index is 0. The third-order valence-corrected chi connectivity index (χ3v) is 4.42. The Morgan fingerprint density at radius 2 is 2.00 bits per heavy atom. The third kappa shape index (κ3) is 7.51. The minimum Gasteiger partial charge on any atom is -0.357 e. The van der Waals surface area contributed by atoms with E-state index >= 15 is 0 Å². The maximum atomic E-state index is 12.0. The van der Waals surface area contributed by atoms with Gasteiger partial charge in [-0.1, -0.05) is 32.0 Å². The van der Waals surface area contributed by atoms with Gasteiger partial charge < -0.3 is 15.5 Å². The van der Waals surface area contributed by atoms with Crippen LogP contribution in [-0.4, -0.2) is 49.5 Å². The van der Waals surface area contributed by atoms with Gasteiger partial charge in [-0.15, -0.1) is 24.0 Å². The number of likely N-dealkylation sites (tertiary alicyclic amines) is 1. The number of amides is 1. The van der Waals surface area contributed by atoms with Gasteiger partial charge in [-0.05, 0) is 43.7 Å². The monoisotopic (exact) mass is 472 g/mol. The van der Waals surface area contributed by atoms with Gasteiger partial charge in [0, 0.05) is 31.7 Å². The zero-order valence-electron chi connectivity index (χ0n) is 16.2. The van der Waals surface area contributed by atoms with Crippen molar-refractivity contribution < 1.29 is 4.79 Å². The zero-order chi connectivity index (χ0) is 18.1. The topological polar surface area (TPSA) is 56.7 Å². The molecule has 1 saturated heterocycles. The molecule has 1 unspecified atom stereocenters. The molecule has 1 aromatic rings. The van der Waals surface area contributed by atoms with E-state index in [-0.39, 0.29) is 29.9 Å². The van der Waals surface area contributed by atoms with Crippen molar-refractivity contribution in [2.24, 2.45) is 16.8 Å². The third-order valence-electron chi connectivity index (χ3n) is 4.42. The summed E-state index contributed by atoms with van der Waals surface area (Å²) in [5, 5.41) is 6.31. The first-order valence-electron chi connectivity index (χ1n) is 9.46. The minimum atomic E-state index is -0.0426. The summed E-state index contributed by atoms with van der Waals surface area (Å²) in [7, 11) is 0. The van der Waals surface area contributed by atoms with Crippen LogP contribution in [0.3, 0.4) is 0 Å². The Balaban J connectivity index is 0.00000338. The highest BCUT2D eigenvalue weighted by Gasteiger charge is 2.25. The Morgan fingerprint density at radius 3 is 2.65 bits per heavy atom. The van der Waals surface area contributed by atoms with Crippen LogP contribution in [0.15, 0.2) is 35.3 Å². The van der Waals surface area contributed by atoms with Crippen LogP contribution in [0.1, 0.15) is 44.0 Å². The summed E-state index contributed by atoms with van der Waals surface area (Å²) in [6.07, 6.45) is 2.52. The number of aliphatic imine (C=N–C) groups is 1. The summed E-state index contributed by atoms with van der Waals surface area (Å²) in [6, 6.07) is 9.30. The van der Waals surface area contributed by atoms with E-state index < -0.39 is 0 Å². The van der Waals surface area contributed by atoms with Gasteiger partial charge in [0.05, 0.1) is 6.54 Å². The number of rotatable bonds is 7. The first-order valence-corrected chi connectivity index (χ1v) is 9.46. The lowest BCUT2D eigenvalue weighted by molar-refractivity contribution is 0.0955. The predicted octanol–water partition coefficient (Wildman–Crippen LogP) is 3.37. The van der Waals surface area contributed by atoms with Gasteiger partial charge in [0.25, 0.3) is 5.91 Å². The maximum absolute atomic E-state index is 12.0. The molecule has 1 aromatic carbocycles. The summed E-state index contributed by atoms with van der Waals surface area (Å²) in [6.45, 7) is 10.8. The summed E-state index contributed by atoms with van der Waals surface area (Å²) in [4.78, 5) is 19.1. The van der Waals surface area contributed by atoms with Crippen LogP contribution in [0.2, 0.25) is 0 Å². The van der Waals surface area contributed by atoms with Crippen molar-refractivity contribution in [2.75, 3.05) is 32.7 Å². The molecule has 0 spiro atoms. The van der Waals surface area contributed by atoms with Gasteiger partial charge in [-0.2, -0.15) is 0 Å². The Morgan fingerprint density at radius 1 is 1.27 bits per heavy atom. The first-order chi connectivity index (χ1) is 12.1. The molecule has 0 saturated carbocycles. The number of benzene rings is 1. The van der Waals surface area contributed by atoms with Crippen molar-refractivity contribution in [2.45, 2.75) is 33.6 Å². The van der Waals surface area contributed by atoms with Crippen molar-refractivity contribution in [3.8, 4) is 0 Å². The summed E-state index contributed by atoms with van der Waals surface area (Å²) >= 11 is 0. The van der Waals surface area contributed by atoms with Crippen molar-refractivity contribution >= 4 is 35.8 Å². The van der Waals surface area contributed by atoms with Gasteiger partial charge in [-0.25, -0.2) is 0 Å². The van der Waals surface area contributed by atoms with Crippen LogP contribution in [0.4, 0.5) is 0 Å². The van der Waals surface area contributed by atoms with Gasteiger partial charge in [-0.3, -0.25) is 9.79 Å². The predicted molar refractivity (Wildman–Crippen MR) is 119 cm³/mol. The lowest BCUT2D eigenvalue weighted by Crippen LogP contribution is -2.40. The van der Waals surface area contributed by atoms with E-state index in [0.717, 1.165) is 37.4 Å². The van der Waals surface area contributed by atoms with E-state index in [1.165, 1.54) is 12.8 Å². The van der Waals surface area contributed by atoms with Gasteiger partial charge >= 0.3 is 0 Å². The average Bonchev–Trinajstić information content (AvgIpc) is 3.05. The normalized spacial score (nSPS) is 17.2. The molecule has 0 aliphatic carbocycles. The summed E-state index contributed by atoms with van der Waals surface area (Å²) in [5.41, 5.74) is 0.689. The Labute approximate surface area is 175 Å². The van der Waals surface area contributed by atoms with Gasteiger partial charge in [0.1, 0.15) is 0 Å². The SMILES string of the molecule is CCNC(=NCCNC(=O)c1ccccc1)N1CCC(CC(C)C)C1.I. The molecule has 146 valence electrons. The van der Waals surface area contributed by atoms with Crippen molar-refractivity contribution in [1.29, 1.82) is 0 Å². The number of carbonyl (C=O) groups is 1. The Hall–Kier alpha value is -1.31. The van der Waals surface area contributed by atoms with Gasteiger partial charge in [0.2, 0.25) is 0 Å². The highest BCUT2D eigenvalue weighted by molar-refractivity contribution is 14.0. The number of nitrogens with one attached hydrogen (secondary N) is 2. The second kappa shape index (κ2) is 12.1. The highest BCUT2D eigenvalue weighted by atomic mass is 127. The largest absolute Gasteiger partial charge is 0.357 e. The van der Waals surface area contributed by atoms with Crippen LogP contribution in [0, 0.1) is 11.8 Å². The number of hydrogen-bond acceptors (Lipinski definition) is 2. The number of halogens is 1. The van der Waals surface area contributed by atoms with Crippen molar-refractivity contribution in [1.82, 2.24) is 15.5 Å². The molecule has 1 aliphatic heterocycles. The van der Waals surface area contributed by atoms with Crippen LogP contribution in [0.25, 0.3) is 0 Å². The van der Waals surface area contributed by atoms with E-state index in [9.17, 15) is 4.79 Å². The number of hydrogen-bond donors (Lipinski definition) is 2. The van der Waals surface area contributed by atoms with E-state index in [1.807, 2.05) is 30.3 Å². The second-order valence-corrected chi connectivity index (χ2v) is 7.09. The molecular weight excluding hydrogens is 439 g/mol. The number of carbonyl (C=O) groups excluding carboxylic acids is 1. The first kappa shape index (κ1) is 22.7. The second-order valence-electron chi connectivity index (χ2n) is 7.09. The number of guanidine groups is 1. The van der Waals surface area contributed by atoms with E-state index in [4.69, 9.17) is 4.99 Å². The van der Waals surface area contributed by atoms with Crippen LogP contribution in [0.5, 0.6) is 0 Å². The zero-order valence-corrected chi connectivity index (χ0v) is 18.5. The molecule has 5 nitrogen and oxygen atoms in total. The molecule has 26 heavy (non-hydrogen) atoms. The van der Waals surface area contributed by atoms with E-state index in [2.05, 4.69) is 36.3 Å². The maximum Gasteiger partial charge on any atom is 0.251 e. The molecule has 1 amide bonds. The summed E-state index contributed by atoms with van der Waals surface area (Å²) in [5.74, 6) is 2.45. The average molecular weight is 472 g/mol. The van der Waals surface area contributed by atoms with Crippen LogP contribution in [-0.2, 0) is 0 Å². The molecule has 1 atom stereocenters. The van der Waals surface area contributed by atoms with Crippen LogP contribution >= 0.6 is 24.0 Å². The molecule has 2 rings (SSSR count). The lowest BCUT2D eigenvalue weighted by Gasteiger charge is -2.22. The van der Waals surface area contributed by atoms with Crippen LogP contribution < -0.4 is 10.6 Å². The quantitative estimate of drug-likeness (QED) is 0.277. The van der Waals surface area contributed by atoms with E-state index in [1.54, 1.807) is 0 Å². The molecular formula is C20H33IN4O. The fraction of sp³-hybridized carbons (Fsp3) is 0.600. The molecule has 6 heteroatoms. The number of nitrogens with zero attached hydrogens (tertiary/aromatic N) is 2. The van der Waals surface area contributed by atoms with Gasteiger partial charge in [0.15, 0.2) is 5.96 Å². The molecule has 0 bridgehead atoms. The Kier molecular flexibility index (Phi) is 10.6. The molecule has 0 radical (unpaired) electrons. The fourth-order valence-electron chi connectivity index (χ4n) is 3.33. The summed E-state index contributed by atoms with van der Waals surface area (Å²) < 4.78 is 0. The molecule has 1 aliphatic rings. The molecule has 2 N–H and O–H groups in total. The molecule has 1 fully saturated rings. The molecule has 1 heterocycles. The van der Waals surface area contributed by atoms with E-state index in [0.29, 0.717) is 18.7 Å².